The molecule has 3 nitrogen and oxygen atoms in total. The van der Waals surface area contributed by atoms with Crippen LogP contribution in [-0.4, -0.2) is 25.7 Å². The first-order valence-electron chi connectivity index (χ1n) is 6.24. The zero-order valence-electron chi connectivity index (χ0n) is 10.8. The summed E-state index contributed by atoms with van der Waals surface area (Å²) in [7, 11) is 0. The van der Waals surface area contributed by atoms with Crippen molar-refractivity contribution >= 4 is 17.3 Å². The monoisotopic (exact) mass is 263 g/mol. The quantitative estimate of drug-likeness (QED) is 0.853. The second-order valence-corrected chi connectivity index (χ2v) is 5.29. The molecule has 1 aliphatic heterocycles. The summed E-state index contributed by atoms with van der Waals surface area (Å²) in [5.74, 6) is 0. The van der Waals surface area contributed by atoms with Crippen LogP contribution in [0.25, 0.3) is 0 Å². The molecule has 1 aromatic rings. The van der Waals surface area contributed by atoms with Gasteiger partial charge in [-0.15, -0.1) is 0 Å². The Morgan fingerprint density at radius 2 is 2.28 bits per heavy atom. The van der Waals surface area contributed by atoms with E-state index in [1.54, 1.807) is 0 Å². The average Bonchev–Trinajstić information content (AvgIpc) is 2.73. The summed E-state index contributed by atoms with van der Waals surface area (Å²) in [6, 6.07) is 6.69. The van der Waals surface area contributed by atoms with Crippen LogP contribution >= 0.6 is 11.6 Å². The van der Waals surface area contributed by atoms with Crippen LogP contribution in [0.15, 0.2) is 12.1 Å². The lowest BCUT2D eigenvalue weighted by atomic mass is 10.1. The molecule has 1 unspecified atom stereocenters. The maximum absolute atomic E-state index is 8.58. The van der Waals surface area contributed by atoms with E-state index in [-0.39, 0.29) is 0 Å². The molecule has 0 saturated carbocycles. The normalized spacial score (nSPS) is 19.0. The fraction of sp³-hybridized carbons (Fsp3) is 0.500. The van der Waals surface area contributed by atoms with E-state index in [0.29, 0.717) is 12.6 Å². The number of nitrogens with zero attached hydrogens (tertiary/aromatic N) is 2. The molecule has 0 aliphatic carbocycles. The Morgan fingerprint density at radius 1 is 1.50 bits per heavy atom. The number of anilines is 1. The Bertz CT molecular complexity index is 455. The number of benzene rings is 1. The standard InChI is InChI=1S/C14H18ClN3/c1-10-7-11(2)14(13(15)8-10)18-6-3-12(9-18)17-5-4-16/h7-8,12,17H,3,5-6,9H2,1-2H3. The lowest BCUT2D eigenvalue weighted by Gasteiger charge is -2.23. The zero-order chi connectivity index (χ0) is 13.1. The van der Waals surface area contributed by atoms with E-state index in [9.17, 15) is 0 Å². The van der Waals surface area contributed by atoms with Crippen LogP contribution in [0.5, 0.6) is 0 Å². The summed E-state index contributed by atoms with van der Waals surface area (Å²) < 4.78 is 0. The molecule has 1 aliphatic rings. The van der Waals surface area contributed by atoms with E-state index < -0.39 is 0 Å². The molecule has 0 spiro atoms. The predicted octanol–water partition coefficient (Wildman–Crippen LogP) is 2.65. The van der Waals surface area contributed by atoms with Gasteiger partial charge in [-0.1, -0.05) is 17.7 Å². The highest BCUT2D eigenvalue weighted by Gasteiger charge is 2.24. The van der Waals surface area contributed by atoms with Gasteiger partial charge in [-0.3, -0.25) is 5.32 Å². The SMILES string of the molecule is Cc1cc(C)c(N2CCC(NCC#N)C2)c(Cl)c1. The van der Waals surface area contributed by atoms with Crippen molar-refractivity contribution in [1.29, 1.82) is 5.26 Å². The minimum atomic E-state index is 0.390. The molecule has 1 N–H and O–H groups in total. The molecule has 4 heteroatoms. The first-order valence-corrected chi connectivity index (χ1v) is 6.61. The summed E-state index contributed by atoms with van der Waals surface area (Å²) in [5.41, 5.74) is 3.56. The van der Waals surface area contributed by atoms with Gasteiger partial charge in [-0.05, 0) is 37.5 Å². The van der Waals surface area contributed by atoms with Gasteiger partial charge in [0.15, 0.2) is 0 Å². The fourth-order valence-corrected chi connectivity index (χ4v) is 3.07. The Kier molecular flexibility index (Phi) is 4.11. The van der Waals surface area contributed by atoms with Gasteiger partial charge in [0.2, 0.25) is 0 Å². The molecule has 18 heavy (non-hydrogen) atoms. The number of halogens is 1. The lowest BCUT2D eigenvalue weighted by molar-refractivity contribution is 0.591. The molecule has 1 heterocycles. The number of aryl methyl sites for hydroxylation is 2. The van der Waals surface area contributed by atoms with Gasteiger partial charge in [0, 0.05) is 19.1 Å². The number of nitriles is 1. The van der Waals surface area contributed by atoms with Crippen LogP contribution in [0, 0.1) is 25.2 Å². The Hall–Kier alpha value is -1.24. The first kappa shape index (κ1) is 13.2. The smallest absolute Gasteiger partial charge is 0.0843 e. The third-order valence-corrected chi connectivity index (χ3v) is 3.66. The van der Waals surface area contributed by atoms with Gasteiger partial charge in [-0.2, -0.15) is 5.26 Å². The summed E-state index contributed by atoms with van der Waals surface area (Å²) in [6.07, 6.45) is 1.06. The molecule has 0 aromatic heterocycles. The van der Waals surface area contributed by atoms with Crippen molar-refractivity contribution in [2.75, 3.05) is 24.5 Å². The number of hydrogen-bond acceptors (Lipinski definition) is 3. The van der Waals surface area contributed by atoms with Crippen molar-refractivity contribution in [2.45, 2.75) is 26.3 Å². The van der Waals surface area contributed by atoms with Gasteiger partial charge in [0.05, 0.1) is 23.3 Å². The van der Waals surface area contributed by atoms with Crippen LogP contribution in [0.3, 0.4) is 0 Å². The lowest BCUT2D eigenvalue weighted by Crippen LogP contribution is -2.32. The van der Waals surface area contributed by atoms with Crippen molar-refractivity contribution in [3.63, 3.8) is 0 Å². The van der Waals surface area contributed by atoms with Crippen LogP contribution < -0.4 is 10.2 Å². The Morgan fingerprint density at radius 3 is 2.94 bits per heavy atom. The van der Waals surface area contributed by atoms with Crippen LogP contribution in [0.4, 0.5) is 5.69 Å². The summed E-state index contributed by atoms with van der Waals surface area (Å²) in [5, 5.41) is 12.6. The number of nitrogens with one attached hydrogen (secondary N) is 1. The highest BCUT2D eigenvalue weighted by molar-refractivity contribution is 6.33. The fourth-order valence-electron chi connectivity index (χ4n) is 2.63. The molecule has 0 bridgehead atoms. The minimum absolute atomic E-state index is 0.390. The maximum Gasteiger partial charge on any atom is 0.0843 e. The summed E-state index contributed by atoms with van der Waals surface area (Å²) in [4.78, 5) is 2.31. The van der Waals surface area contributed by atoms with Crippen molar-refractivity contribution in [2.24, 2.45) is 0 Å². The van der Waals surface area contributed by atoms with Crippen molar-refractivity contribution in [3.8, 4) is 6.07 Å². The molecule has 96 valence electrons. The minimum Gasteiger partial charge on any atom is -0.368 e. The van der Waals surface area contributed by atoms with E-state index in [1.807, 2.05) is 6.07 Å². The van der Waals surface area contributed by atoms with Crippen LogP contribution in [-0.2, 0) is 0 Å². The van der Waals surface area contributed by atoms with E-state index in [2.05, 4.69) is 36.2 Å². The number of rotatable bonds is 3. The summed E-state index contributed by atoms with van der Waals surface area (Å²) in [6.45, 7) is 6.49. The zero-order valence-corrected chi connectivity index (χ0v) is 11.6. The third-order valence-electron chi connectivity index (χ3n) is 3.37. The van der Waals surface area contributed by atoms with Gasteiger partial charge >= 0.3 is 0 Å². The molecular formula is C14H18ClN3. The summed E-state index contributed by atoms with van der Waals surface area (Å²) >= 11 is 6.35. The van der Waals surface area contributed by atoms with Gasteiger partial charge in [0.25, 0.3) is 0 Å². The molecule has 2 rings (SSSR count). The maximum atomic E-state index is 8.58. The molecule has 0 radical (unpaired) electrons. The second kappa shape index (κ2) is 5.60. The molecule has 0 amide bonds. The van der Waals surface area contributed by atoms with Gasteiger partial charge < -0.3 is 4.90 Å². The average molecular weight is 264 g/mol. The Balaban J connectivity index is 2.12. The molecule has 1 saturated heterocycles. The van der Waals surface area contributed by atoms with Gasteiger partial charge in [0.1, 0.15) is 0 Å². The largest absolute Gasteiger partial charge is 0.368 e. The first-order chi connectivity index (χ1) is 8.61. The van der Waals surface area contributed by atoms with Gasteiger partial charge in [-0.25, -0.2) is 0 Å². The van der Waals surface area contributed by atoms with E-state index >= 15 is 0 Å². The molecule has 1 atom stereocenters. The molecule has 1 aromatic carbocycles. The highest BCUT2D eigenvalue weighted by atomic mass is 35.5. The van der Waals surface area contributed by atoms with E-state index in [0.717, 1.165) is 30.2 Å². The molecular weight excluding hydrogens is 246 g/mol. The van der Waals surface area contributed by atoms with E-state index in [1.165, 1.54) is 11.1 Å². The van der Waals surface area contributed by atoms with Crippen LogP contribution in [0.2, 0.25) is 5.02 Å². The predicted molar refractivity (Wildman–Crippen MR) is 75.2 cm³/mol. The van der Waals surface area contributed by atoms with Crippen molar-refractivity contribution in [3.05, 3.63) is 28.3 Å². The van der Waals surface area contributed by atoms with Crippen molar-refractivity contribution in [1.82, 2.24) is 5.32 Å². The van der Waals surface area contributed by atoms with E-state index in [4.69, 9.17) is 16.9 Å². The highest BCUT2D eigenvalue weighted by Crippen LogP contribution is 2.33. The topological polar surface area (TPSA) is 39.1 Å². The van der Waals surface area contributed by atoms with Crippen molar-refractivity contribution < 1.29 is 0 Å². The Labute approximate surface area is 113 Å². The van der Waals surface area contributed by atoms with Crippen LogP contribution in [0.1, 0.15) is 17.5 Å². The molecule has 1 fully saturated rings. The second-order valence-electron chi connectivity index (χ2n) is 4.88. The third kappa shape index (κ3) is 2.77. The number of hydrogen-bond donors (Lipinski definition) is 1.